The van der Waals surface area contributed by atoms with Gasteiger partial charge in [-0.05, 0) is 49.8 Å². The van der Waals surface area contributed by atoms with Gasteiger partial charge in [0, 0.05) is 24.7 Å². The Labute approximate surface area is 158 Å². The fourth-order valence-corrected chi connectivity index (χ4v) is 3.54. The molecular formula is C21H24N2O4. The zero-order chi connectivity index (χ0) is 19.2. The molecule has 1 aliphatic rings. The fourth-order valence-electron chi connectivity index (χ4n) is 3.54. The summed E-state index contributed by atoms with van der Waals surface area (Å²) in [5.74, 6) is 0.603. The summed E-state index contributed by atoms with van der Waals surface area (Å²) in [5, 5.41) is 11.3. The minimum Gasteiger partial charge on any atom is -0.487 e. The fraction of sp³-hybridized carbons (Fsp3) is 0.381. The lowest BCUT2D eigenvalue weighted by Crippen LogP contribution is -2.38. The molecule has 1 fully saturated rings. The van der Waals surface area contributed by atoms with Gasteiger partial charge in [-0.3, -0.25) is 14.9 Å². The van der Waals surface area contributed by atoms with Crippen LogP contribution < -0.4 is 4.74 Å². The number of piperidine rings is 1. The highest BCUT2D eigenvalue weighted by atomic mass is 16.6. The van der Waals surface area contributed by atoms with Gasteiger partial charge in [-0.2, -0.15) is 0 Å². The van der Waals surface area contributed by atoms with Crippen molar-refractivity contribution in [3.05, 3.63) is 69.8 Å². The molecule has 0 aliphatic carbocycles. The molecule has 0 N–H and O–H groups in total. The number of nitro groups is 1. The van der Waals surface area contributed by atoms with Crippen LogP contribution in [0.4, 0.5) is 5.69 Å². The number of amides is 1. The van der Waals surface area contributed by atoms with E-state index in [9.17, 15) is 14.9 Å². The predicted octanol–water partition coefficient (Wildman–Crippen LogP) is 4.09. The molecule has 1 saturated heterocycles. The zero-order valence-electron chi connectivity index (χ0n) is 15.5. The number of benzene rings is 2. The number of carbonyl (C=O) groups excluding carboxylic acids is 1. The molecule has 0 atom stereocenters. The smallest absolute Gasteiger partial charge is 0.311 e. The molecule has 0 saturated carbocycles. The first-order chi connectivity index (χ1) is 13.1. The van der Waals surface area contributed by atoms with Gasteiger partial charge in [-0.25, -0.2) is 0 Å². The van der Waals surface area contributed by atoms with Gasteiger partial charge >= 0.3 is 5.69 Å². The highest BCUT2D eigenvalue weighted by Gasteiger charge is 2.26. The second kappa shape index (κ2) is 8.66. The van der Waals surface area contributed by atoms with Crippen molar-refractivity contribution in [3.8, 4) is 5.75 Å². The van der Waals surface area contributed by atoms with Crippen molar-refractivity contribution in [2.45, 2.75) is 26.2 Å². The molecule has 1 amide bonds. The molecule has 0 radical (unpaired) electrons. The van der Waals surface area contributed by atoms with E-state index in [1.165, 1.54) is 17.7 Å². The van der Waals surface area contributed by atoms with Crippen LogP contribution >= 0.6 is 0 Å². The largest absolute Gasteiger partial charge is 0.487 e. The summed E-state index contributed by atoms with van der Waals surface area (Å²) in [6.07, 6.45) is 2.91. The molecule has 6 heteroatoms. The lowest BCUT2D eigenvalue weighted by atomic mass is 9.90. The van der Waals surface area contributed by atoms with E-state index < -0.39 is 4.92 Å². The average Bonchev–Trinajstić information content (AvgIpc) is 2.69. The predicted molar refractivity (Wildman–Crippen MR) is 103 cm³/mol. The first kappa shape index (κ1) is 18.9. The average molecular weight is 368 g/mol. The molecule has 1 aliphatic heterocycles. The second-order valence-electron chi connectivity index (χ2n) is 6.80. The van der Waals surface area contributed by atoms with Gasteiger partial charge in [0.25, 0.3) is 5.91 Å². The number of rotatable bonds is 6. The SMILES string of the molecule is CCOc1ccc(C(=O)N2CCC(Cc3ccccc3)CC2)cc1[N+](=O)[O-]. The van der Waals surface area contributed by atoms with Crippen molar-refractivity contribution < 1.29 is 14.5 Å². The van der Waals surface area contributed by atoms with Crippen molar-refractivity contribution in [2.24, 2.45) is 5.92 Å². The Balaban J connectivity index is 1.63. The van der Waals surface area contributed by atoms with Crippen LogP contribution in [0.3, 0.4) is 0 Å². The van der Waals surface area contributed by atoms with Crippen molar-refractivity contribution in [1.82, 2.24) is 4.90 Å². The lowest BCUT2D eigenvalue weighted by molar-refractivity contribution is -0.385. The van der Waals surface area contributed by atoms with Gasteiger partial charge in [-0.1, -0.05) is 30.3 Å². The first-order valence-electron chi connectivity index (χ1n) is 9.33. The molecule has 0 bridgehead atoms. The Morgan fingerprint density at radius 2 is 1.89 bits per heavy atom. The zero-order valence-corrected chi connectivity index (χ0v) is 15.5. The van der Waals surface area contributed by atoms with Gasteiger partial charge < -0.3 is 9.64 Å². The molecular weight excluding hydrogens is 344 g/mol. The van der Waals surface area contributed by atoms with E-state index in [1.807, 2.05) is 18.2 Å². The molecule has 142 valence electrons. The Bertz CT molecular complexity index is 799. The quantitative estimate of drug-likeness (QED) is 0.569. The molecule has 1 heterocycles. The highest BCUT2D eigenvalue weighted by molar-refractivity contribution is 5.95. The standard InChI is InChI=1S/C21H24N2O4/c1-2-27-20-9-8-18(15-19(20)23(25)26)21(24)22-12-10-17(11-13-22)14-16-6-4-3-5-7-16/h3-9,15,17H,2,10-14H2,1H3. The summed E-state index contributed by atoms with van der Waals surface area (Å²) in [5.41, 5.74) is 1.50. The molecule has 6 nitrogen and oxygen atoms in total. The minimum absolute atomic E-state index is 0.153. The minimum atomic E-state index is -0.506. The maximum absolute atomic E-state index is 12.8. The van der Waals surface area contributed by atoms with E-state index in [-0.39, 0.29) is 17.3 Å². The van der Waals surface area contributed by atoms with Crippen LogP contribution in [0.15, 0.2) is 48.5 Å². The van der Waals surface area contributed by atoms with Gasteiger partial charge in [0.15, 0.2) is 5.75 Å². The number of likely N-dealkylation sites (tertiary alicyclic amines) is 1. The molecule has 0 spiro atoms. The van der Waals surface area contributed by atoms with Crippen LogP contribution in [0.1, 0.15) is 35.7 Å². The summed E-state index contributed by atoms with van der Waals surface area (Å²) < 4.78 is 5.28. The lowest BCUT2D eigenvalue weighted by Gasteiger charge is -2.32. The van der Waals surface area contributed by atoms with Crippen molar-refractivity contribution in [3.63, 3.8) is 0 Å². The van der Waals surface area contributed by atoms with Crippen LogP contribution in [0, 0.1) is 16.0 Å². The number of nitrogens with zero attached hydrogens (tertiary/aromatic N) is 2. The Kier molecular flexibility index (Phi) is 6.06. The molecule has 2 aromatic carbocycles. The van der Waals surface area contributed by atoms with Crippen molar-refractivity contribution >= 4 is 11.6 Å². The number of carbonyl (C=O) groups is 1. The van der Waals surface area contributed by atoms with E-state index in [1.54, 1.807) is 17.9 Å². The Hall–Kier alpha value is -2.89. The maximum atomic E-state index is 12.8. The Morgan fingerprint density at radius 3 is 2.52 bits per heavy atom. The van der Waals surface area contributed by atoms with Crippen LogP contribution in [0.5, 0.6) is 5.75 Å². The maximum Gasteiger partial charge on any atom is 0.311 e. The van der Waals surface area contributed by atoms with E-state index in [0.29, 0.717) is 31.2 Å². The van der Waals surface area contributed by atoms with E-state index in [4.69, 9.17) is 4.74 Å². The normalized spacial score (nSPS) is 14.8. The number of hydrogen-bond donors (Lipinski definition) is 0. The third kappa shape index (κ3) is 4.64. The van der Waals surface area contributed by atoms with E-state index in [2.05, 4.69) is 12.1 Å². The highest BCUT2D eigenvalue weighted by Crippen LogP contribution is 2.29. The molecule has 0 unspecified atom stereocenters. The summed E-state index contributed by atoms with van der Waals surface area (Å²) in [6.45, 7) is 3.46. The van der Waals surface area contributed by atoms with Gasteiger partial charge in [-0.15, -0.1) is 0 Å². The summed E-state index contributed by atoms with van der Waals surface area (Å²) in [6, 6.07) is 14.8. The topological polar surface area (TPSA) is 72.7 Å². The first-order valence-corrected chi connectivity index (χ1v) is 9.33. The van der Waals surface area contributed by atoms with E-state index in [0.717, 1.165) is 19.3 Å². The van der Waals surface area contributed by atoms with Gasteiger partial charge in [0.2, 0.25) is 0 Å². The third-order valence-corrected chi connectivity index (χ3v) is 4.97. The van der Waals surface area contributed by atoms with Crippen LogP contribution in [0.25, 0.3) is 0 Å². The number of hydrogen-bond acceptors (Lipinski definition) is 4. The Morgan fingerprint density at radius 1 is 1.19 bits per heavy atom. The summed E-state index contributed by atoms with van der Waals surface area (Å²) in [7, 11) is 0. The van der Waals surface area contributed by atoms with Crippen molar-refractivity contribution in [1.29, 1.82) is 0 Å². The molecule has 3 rings (SSSR count). The summed E-state index contributed by atoms with van der Waals surface area (Å²) in [4.78, 5) is 25.3. The van der Waals surface area contributed by atoms with Gasteiger partial charge in [0.1, 0.15) is 0 Å². The molecule has 2 aromatic rings. The van der Waals surface area contributed by atoms with Crippen molar-refractivity contribution in [2.75, 3.05) is 19.7 Å². The third-order valence-electron chi connectivity index (χ3n) is 4.97. The van der Waals surface area contributed by atoms with Gasteiger partial charge in [0.05, 0.1) is 11.5 Å². The molecule has 27 heavy (non-hydrogen) atoms. The monoisotopic (exact) mass is 368 g/mol. The number of nitro benzene ring substituents is 1. The molecule has 0 aromatic heterocycles. The van der Waals surface area contributed by atoms with E-state index >= 15 is 0 Å². The van der Waals surface area contributed by atoms with Crippen LogP contribution in [-0.4, -0.2) is 35.4 Å². The van der Waals surface area contributed by atoms with Crippen LogP contribution in [-0.2, 0) is 6.42 Å². The number of ether oxygens (including phenoxy) is 1. The van der Waals surface area contributed by atoms with Crippen LogP contribution in [0.2, 0.25) is 0 Å². The summed E-state index contributed by atoms with van der Waals surface area (Å²) >= 11 is 0. The second-order valence-corrected chi connectivity index (χ2v) is 6.80.